The summed E-state index contributed by atoms with van der Waals surface area (Å²) in [6, 6.07) is 9.80. The van der Waals surface area contributed by atoms with Crippen LogP contribution in [0.4, 0.5) is 5.69 Å². The number of carbonyl (C=O) groups is 1. The van der Waals surface area contributed by atoms with Crippen molar-refractivity contribution in [3.05, 3.63) is 52.0 Å². The molecule has 1 saturated heterocycles. The third-order valence-electron chi connectivity index (χ3n) is 5.03. The van der Waals surface area contributed by atoms with E-state index in [-0.39, 0.29) is 35.6 Å². The SMILES string of the molecule is COc1ccc(Cl)cc1S(=O)(=O)N1CCC(C(=O)Nc2cc(Cl)ccc2C)CC1. The standard InChI is InChI=1S/C20H22Cl2N2O4S/c1-13-3-4-15(21)11-17(13)23-20(25)14-7-9-24(10-8-14)29(26,27)19-12-16(22)5-6-18(19)28-2/h3-6,11-12,14H,7-10H2,1-2H3,(H,23,25). The van der Waals surface area contributed by atoms with Crippen LogP contribution in [0.15, 0.2) is 41.3 Å². The molecule has 0 spiro atoms. The van der Waals surface area contributed by atoms with Gasteiger partial charge in [0.2, 0.25) is 15.9 Å². The fourth-order valence-corrected chi connectivity index (χ4v) is 5.37. The summed E-state index contributed by atoms with van der Waals surface area (Å²) in [6.45, 7) is 2.37. The van der Waals surface area contributed by atoms with Gasteiger partial charge in [-0.1, -0.05) is 29.3 Å². The number of hydrogen-bond acceptors (Lipinski definition) is 4. The number of piperidine rings is 1. The minimum absolute atomic E-state index is 0.0324. The predicted molar refractivity (Wildman–Crippen MR) is 114 cm³/mol. The molecule has 156 valence electrons. The highest BCUT2D eigenvalue weighted by Crippen LogP contribution is 2.32. The van der Waals surface area contributed by atoms with Crippen LogP contribution in [0.2, 0.25) is 10.0 Å². The van der Waals surface area contributed by atoms with E-state index < -0.39 is 10.0 Å². The van der Waals surface area contributed by atoms with E-state index >= 15 is 0 Å². The van der Waals surface area contributed by atoms with E-state index in [4.69, 9.17) is 27.9 Å². The number of amides is 1. The van der Waals surface area contributed by atoms with Crippen molar-refractivity contribution in [2.24, 2.45) is 5.92 Å². The number of nitrogens with one attached hydrogen (secondary N) is 1. The number of hydrogen-bond donors (Lipinski definition) is 1. The van der Waals surface area contributed by atoms with E-state index in [1.165, 1.54) is 23.5 Å². The summed E-state index contributed by atoms with van der Waals surface area (Å²) in [7, 11) is -2.36. The molecule has 0 bridgehead atoms. The molecule has 1 aliphatic rings. The molecule has 29 heavy (non-hydrogen) atoms. The zero-order chi connectivity index (χ0) is 21.2. The Labute approximate surface area is 180 Å². The molecule has 3 rings (SSSR count). The van der Waals surface area contributed by atoms with Crippen molar-refractivity contribution in [2.45, 2.75) is 24.7 Å². The second-order valence-corrected chi connectivity index (χ2v) is 9.70. The van der Waals surface area contributed by atoms with Crippen molar-refractivity contribution in [2.75, 3.05) is 25.5 Å². The van der Waals surface area contributed by atoms with Gasteiger partial charge in [0.15, 0.2) is 0 Å². The molecule has 0 radical (unpaired) electrons. The zero-order valence-electron chi connectivity index (χ0n) is 16.1. The fourth-order valence-electron chi connectivity index (χ4n) is 3.31. The first-order valence-electron chi connectivity index (χ1n) is 9.13. The Morgan fingerprint density at radius 2 is 1.72 bits per heavy atom. The number of rotatable bonds is 5. The van der Waals surface area contributed by atoms with Crippen molar-refractivity contribution < 1.29 is 17.9 Å². The van der Waals surface area contributed by atoms with Gasteiger partial charge in [-0.05, 0) is 55.7 Å². The van der Waals surface area contributed by atoms with Gasteiger partial charge in [-0.25, -0.2) is 8.42 Å². The number of anilines is 1. The van der Waals surface area contributed by atoms with Crippen LogP contribution in [0.1, 0.15) is 18.4 Å². The lowest BCUT2D eigenvalue weighted by Gasteiger charge is -2.31. The summed E-state index contributed by atoms with van der Waals surface area (Å²) in [4.78, 5) is 12.7. The van der Waals surface area contributed by atoms with Gasteiger partial charge in [0.1, 0.15) is 10.6 Å². The van der Waals surface area contributed by atoms with Crippen LogP contribution in [-0.4, -0.2) is 38.8 Å². The van der Waals surface area contributed by atoms with E-state index in [1.807, 2.05) is 13.0 Å². The second kappa shape index (κ2) is 8.92. The van der Waals surface area contributed by atoms with Crippen LogP contribution in [-0.2, 0) is 14.8 Å². The highest BCUT2D eigenvalue weighted by molar-refractivity contribution is 7.89. The fraction of sp³-hybridized carbons (Fsp3) is 0.350. The van der Waals surface area contributed by atoms with E-state index in [9.17, 15) is 13.2 Å². The number of carbonyl (C=O) groups excluding carboxylic acids is 1. The molecule has 0 saturated carbocycles. The Hall–Kier alpha value is -1.80. The Balaban J connectivity index is 1.69. The van der Waals surface area contributed by atoms with Crippen LogP contribution in [0.25, 0.3) is 0 Å². The summed E-state index contributed by atoms with van der Waals surface area (Å²) < 4.78 is 32.6. The number of nitrogens with zero attached hydrogens (tertiary/aromatic N) is 1. The number of aryl methyl sites for hydroxylation is 1. The monoisotopic (exact) mass is 456 g/mol. The highest BCUT2D eigenvalue weighted by atomic mass is 35.5. The van der Waals surface area contributed by atoms with Gasteiger partial charge in [-0.3, -0.25) is 4.79 Å². The quantitative estimate of drug-likeness (QED) is 0.725. The van der Waals surface area contributed by atoms with Gasteiger partial charge in [0.25, 0.3) is 0 Å². The number of methoxy groups -OCH3 is 1. The van der Waals surface area contributed by atoms with Crippen molar-refractivity contribution in [3.63, 3.8) is 0 Å². The lowest BCUT2D eigenvalue weighted by Crippen LogP contribution is -2.41. The van der Waals surface area contributed by atoms with Crippen molar-refractivity contribution in [1.82, 2.24) is 4.31 Å². The Morgan fingerprint density at radius 3 is 2.38 bits per heavy atom. The van der Waals surface area contributed by atoms with Gasteiger partial charge >= 0.3 is 0 Å². The van der Waals surface area contributed by atoms with Crippen LogP contribution in [0.5, 0.6) is 5.75 Å². The molecular weight excluding hydrogens is 435 g/mol. The Morgan fingerprint density at radius 1 is 1.10 bits per heavy atom. The first-order chi connectivity index (χ1) is 13.7. The molecule has 1 fully saturated rings. The molecule has 0 aromatic heterocycles. The molecule has 1 heterocycles. The van der Waals surface area contributed by atoms with Gasteiger partial charge in [0.05, 0.1) is 7.11 Å². The number of halogens is 2. The molecule has 0 aliphatic carbocycles. The lowest BCUT2D eigenvalue weighted by molar-refractivity contribution is -0.120. The molecule has 9 heteroatoms. The summed E-state index contributed by atoms with van der Waals surface area (Å²) >= 11 is 12.0. The second-order valence-electron chi connectivity index (χ2n) is 6.92. The van der Waals surface area contributed by atoms with E-state index in [1.54, 1.807) is 18.2 Å². The van der Waals surface area contributed by atoms with Crippen molar-refractivity contribution in [1.29, 1.82) is 0 Å². The Kier molecular flexibility index (Phi) is 6.73. The Bertz CT molecular complexity index is 1020. The van der Waals surface area contributed by atoms with Crippen LogP contribution < -0.4 is 10.1 Å². The minimum atomic E-state index is -3.77. The highest BCUT2D eigenvalue weighted by Gasteiger charge is 2.34. The molecule has 2 aromatic rings. The molecule has 2 aromatic carbocycles. The number of benzene rings is 2. The zero-order valence-corrected chi connectivity index (χ0v) is 18.4. The lowest BCUT2D eigenvalue weighted by atomic mass is 9.97. The third-order valence-corrected chi connectivity index (χ3v) is 7.42. The minimum Gasteiger partial charge on any atom is -0.495 e. The summed E-state index contributed by atoms with van der Waals surface area (Å²) in [6.07, 6.45) is 0.848. The maximum atomic E-state index is 13.0. The van der Waals surface area contributed by atoms with E-state index in [0.717, 1.165) is 5.56 Å². The van der Waals surface area contributed by atoms with Gasteiger partial charge in [-0.2, -0.15) is 4.31 Å². The average molecular weight is 457 g/mol. The molecule has 0 atom stereocenters. The molecular formula is C20H22Cl2N2O4S. The average Bonchev–Trinajstić information content (AvgIpc) is 2.70. The maximum absolute atomic E-state index is 13.0. The maximum Gasteiger partial charge on any atom is 0.246 e. The topological polar surface area (TPSA) is 75.7 Å². The van der Waals surface area contributed by atoms with Gasteiger partial charge in [-0.15, -0.1) is 0 Å². The largest absolute Gasteiger partial charge is 0.495 e. The summed E-state index contributed by atoms with van der Waals surface area (Å²) in [5, 5.41) is 3.76. The van der Waals surface area contributed by atoms with Crippen molar-refractivity contribution >= 4 is 44.8 Å². The van der Waals surface area contributed by atoms with Crippen LogP contribution in [0, 0.1) is 12.8 Å². The molecule has 1 amide bonds. The first kappa shape index (κ1) is 21.9. The summed E-state index contributed by atoms with van der Waals surface area (Å²) in [5.41, 5.74) is 1.58. The van der Waals surface area contributed by atoms with E-state index in [2.05, 4.69) is 5.32 Å². The van der Waals surface area contributed by atoms with Gasteiger partial charge in [0, 0.05) is 34.7 Å². The first-order valence-corrected chi connectivity index (χ1v) is 11.3. The van der Waals surface area contributed by atoms with Crippen LogP contribution in [0.3, 0.4) is 0 Å². The van der Waals surface area contributed by atoms with Crippen LogP contribution >= 0.6 is 23.2 Å². The number of ether oxygens (including phenoxy) is 1. The molecule has 1 aliphatic heterocycles. The summed E-state index contributed by atoms with van der Waals surface area (Å²) in [5.74, 6) is -0.167. The molecule has 0 unspecified atom stereocenters. The normalized spacial score (nSPS) is 15.9. The third kappa shape index (κ3) is 4.86. The van der Waals surface area contributed by atoms with Gasteiger partial charge < -0.3 is 10.1 Å². The van der Waals surface area contributed by atoms with E-state index in [0.29, 0.717) is 28.6 Å². The number of sulfonamides is 1. The predicted octanol–water partition coefficient (Wildman–Crippen LogP) is 4.35. The smallest absolute Gasteiger partial charge is 0.246 e. The van der Waals surface area contributed by atoms with Crippen molar-refractivity contribution in [3.8, 4) is 5.75 Å². The molecule has 6 nitrogen and oxygen atoms in total. The molecule has 1 N–H and O–H groups in total.